The number of hydrogen-bond donors (Lipinski definition) is 0. The number of carbonyl (C=O) groups is 2. The topological polar surface area (TPSA) is 86.5 Å². The predicted octanol–water partition coefficient (Wildman–Crippen LogP) is 3.86. The van der Waals surface area contributed by atoms with Crippen LogP contribution in [0.2, 0.25) is 0 Å². The SMILES string of the molecule is O=C(C=Cc1cccc([N+](=O)[O-])c1)OCC(=O)c1ccc(Br)s1. The molecule has 0 aliphatic carbocycles. The van der Waals surface area contributed by atoms with Crippen molar-refractivity contribution < 1.29 is 19.2 Å². The summed E-state index contributed by atoms with van der Waals surface area (Å²) in [6.07, 6.45) is 2.51. The molecule has 2 rings (SSSR count). The third kappa shape index (κ3) is 5.11. The summed E-state index contributed by atoms with van der Waals surface area (Å²) < 4.78 is 5.67. The van der Waals surface area contributed by atoms with E-state index in [1.54, 1.807) is 18.2 Å². The molecule has 0 atom stereocenters. The molecule has 0 saturated carbocycles. The van der Waals surface area contributed by atoms with Crippen LogP contribution >= 0.6 is 27.3 Å². The van der Waals surface area contributed by atoms with Crippen LogP contribution in [-0.2, 0) is 9.53 Å². The summed E-state index contributed by atoms with van der Waals surface area (Å²) in [5.74, 6) is -0.988. The number of ether oxygens (including phenoxy) is 1. The van der Waals surface area contributed by atoms with Gasteiger partial charge in [-0.05, 0) is 39.7 Å². The van der Waals surface area contributed by atoms with Crippen molar-refractivity contribution in [2.45, 2.75) is 0 Å². The van der Waals surface area contributed by atoms with Gasteiger partial charge >= 0.3 is 5.97 Å². The first-order valence-corrected chi connectivity index (χ1v) is 7.94. The third-order valence-corrected chi connectivity index (χ3v) is 4.35. The van der Waals surface area contributed by atoms with Crippen LogP contribution in [-0.4, -0.2) is 23.3 Å². The molecule has 2 aromatic rings. The number of nitrogens with zero attached hydrogens (tertiary/aromatic N) is 1. The lowest BCUT2D eigenvalue weighted by atomic mass is 10.2. The third-order valence-electron chi connectivity index (χ3n) is 2.69. The Hall–Kier alpha value is -2.32. The van der Waals surface area contributed by atoms with Gasteiger partial charge in [0.25, 0.3) is 5.69 Å². The standard InChI is InChI=1S/C15H10BrNO5S/c16-14-6-5-13(23-14)12(18)9-22-15(19)7-4-10-2-1-3-11(8-10)17(20)21/h1-8H,9H2. The van der Waals surface area contributed by atoms with Gasteiger partial charge in [0.1, 0.15) is 0 Å². The molecule has 0 saturated heterocycles. The highest BCUT2D eigenvalue weighted by Crippen LogP contribution is 2.22. The van der Waals surface area contributed by atoms with E-state index in [-0.39, 0.29) is 18.1 Å². The van der Waals surface area contributed by atoms with Gasteiger partial charge in [-0.25, -0.2) is 4.79 Å². The van der Waals surface area contributed by atoms with E-state index in [9.17, 15) is 19.7 Å². The Balaban J connectivity index is 1.90. The number of esters is 1. The molecular formula is C15H10BrNO5S. The smallest absolute Gasteiger partial charge is 0.331 e. The van der Waals surface area contributed by atoms with Crippen molar-refractivity contribution in [1.82, 2.24) is 0 Å². The van der Waals surface area contributed by atoms with E-state index in [1.165, 1.54) is 35.6 Å². The minimum atomic E-state index is -0.694. The largest absolute Gasteiger partial charge is 0.454 e. The Kier molecular flexibility index (Phi) is 5.78. The van der Waals surface area contributed by atoms with Gasteiger partial charge in [0, 0.05) is 18.2 Å². The average molecular weight is 396 g/mol. The second-order valence-electron chi connectivity index (χ2n) is 4.32. The van der Waals surface area contributed by atoms with E-state index < -0.39 is 10.9 Å². The van der Waals surface area contributed by atoms with Crippen LogP contribution < -0.4 is 0 Å². The maximum absolute atomic E-state index is 11.8. The molecule has 0 radical (unpaired) electrons. The lowest BCUT2D eigenvalue weighted by Gasteiger charge is -1.99. The number of non-ortho nitro benzene ring substituents is 1. The van der Waals surface area contributed by atoms with Gasteiger partial charge in [0.15, 0.2) is 6.61 Å². The maximum Gasteiger partial charge on any atom is 0.331 e. The Bertz CT molecular complexity index is 784. The minimum absolute atomic E-state index is 0.0704. The van der Waals surface area contributed by atoms with Gasteiger partial charge in [0.05, 0.1) is 13.6 Å². The van der Waals surface area contributed by atoms with Crippen LogP contribution in [0.15, 0.2) is 46.3 Å². The monoisotopic (exact) mass is 395 g/mol. The number of benzene rings is 1. The Labute approximate surface area is 143 Å². The lowest BCUT2D eigenvalue weighted by molar-refractivity contribution is -0.384. The first kappa shape index (κ1) is 17.0. The van der Waals surface area contributed by atoms with E-state index >= 15 is 0 Å². The minimum Gasteiger partial charge on any atom is -0.454 e. The summed E-state index contributed by atoms with van der Waals surface area (Å²) in [4.78, 5) is 34.0. The zero-order chi connectivity index (χ0) is 16.8. The number of nitro groups is 1. The highest BCUT2D eigenvalue weighted by molar-refractivity contribution is 9.11. The van der Waals surface area contributed by atoms with Crippen molar-refractivity contribution in [2.75, 3.05) is 6.61 Å². The van der Waals surface area contributed by atoms with Gasteiger partial charge in [-0.15, -0.1) is 11.3 Å². The number of hydrogen-bond acceptors (Lipinski definition) is 6. The van der Waals surface area contributed by atoms with E-state index in [1.807, 2.05) is 0 Å². The average Bonchev–Trinajstić information content (AvgIpc) is 2.97. The molecule has 0 N–H and O–H groups in total. The molecule has 23 heavy (non-hydrogen) atoms. The summed E-state index contributed by atoms with van der Waals surface area (Å²) in [6, 6.07) is 9.20. The highest BCUT2D eigenvalue weighted by atomic mass is 79.9. The van der Waals surface area contributed by atoms with Gasteiger partial charge in [-0.3, -0.25) is 14.9 Å². The molecular weight excluding hydrogens is 386 g/mol. The number of thiophene rings is 1. The second-order valence-corrected chi connectivity index (χ2v) is 6.78. The van der Waals surface area contributed by atoms with Crippen LogP contribution in [0, 0.1) is 10.1 Å². The first-order valence-electron chi connectivity index (χ1n) is 6.33. The fraction of sp³-hybridized carbons (Fsp3) is 0.0667. The van der Waals surface area contributed by atoms with E-state index in [2.05, 4.69) is 15.9 Å². The zero-order valence-corrected chi connectivity index (χ0v) is 14.0. The number of Topliss-reactive ketones (excluding diaryl/α,β-unsaturated/α-hetero) is 1. The van der Waals surface area contributed by atoms with Crippen LogP contribution in [0.5, 0.6) is 0 Å². The predicted molar refractivity (Wildman–Crippen MR) is 89.4 cm³/mol. The number of carbonyl (C=O) groups excluding carboxylic acids is 2. The molecule has 0 aliphatic heterocycles. The summed E-state index contributed by atoms with van der Waals surface area (Å²) in [5, 5.41) is 10.7. The molecule has 1 aromatic carbocycles. The van der Waals surface area contributed by atoms with Crippen molar-refractivity contribution >= 4 is 50.8 Å². The summed E-state index contributed by atoms with van der Waals surface area (Å²) in [5.41, 5.74) is 0.420. The summed E-state index contributed by atoms with van der Waals surface area (Å²) in [7, 11) is 0. The molecule has 0 spiro atoms. The fourth-order valence-corrected chi connectivity index (χ4v) is 2.94. The van der Waals surface area contributed by atoms with Crippen molar-refractivity contribution in [3.63, 3.8) is 0 Å². The maximum atomic E-state index is 11.8. The molecule has 0 fully saturated rings. The molecule has 0 unspecified atom stereocenters. The van der Waals surface area contributed by atoms with Crippen LogP contribution in [0.4, 0.5) is 5.69 Å². The summed E-state index contributed by atoms with van der Waals surface area (Å²) >= 11 is 4.50. The molecule has 6 nitrogen and oxygen atoms in total. The molecule has 0 aliphatic rings. The van der Waals surface area contributed by atoms with Crippen LogP contribution in [0.3, 0.4) is 0 Å². The zero-order valence-electron chi connectivity index (χ0n) is 11.6. The second kappa shape index (κ2) is 7.80. The van der Waals surface area contributed by atoms with Crippen molar-refractivity contribution in [2.24, 2.45) is 0 Å². The van der Waals surface area contributed by atoms with Gasteiger partial charge < -0.3 is 4.74 Å². The Morgan fingerprint density at radius 1 is 1.30 bits per heavy atom. The van der Waals surface area contributed by atoms with Crippen molar-refractivity contribution in [3.8, 4) is 0 Å². The van der Waals surface area contributed by atoms with Crippen molar-refractivity contribution in [3.05, 3.63) is 66.8 Å². The molecule has 1 aromatic heterocycles. The molecule has 118 valence electrons. The van der Waals surface area contributed by atoms with Gasteiger partial charge in [-0.1, -0.05) is 12.1 Å². The van der Waals surface area contributed by atoms with E-state index in [0.717, 1.165) is 9.86 Å². The van der Waals surface area contributed by atoms with E-state index in [4.69, 9.17) is 4.74 Å². The Morgan fingerprint density at radius 3 is 2.74 bits per heavy atom. The number of rotatable bonds is 6. The van der Waals surface area contributed by atoms with Gasteiger partial charge in [0.2, 0.25) is 5.78 Å². The van der Waals surface area contributed by atoms with Crippen LogP contribution in [0.1, 0.15) is 15.2 Å². The molecule has 1 heterocycles. The quantitative estimate of drug-likeness (QED) is 0.243. The Morgan fingerprint density at radius 2 is 2.09 bits per heavy atom. The number of ketones is 1. The number of nitro benzene ring substituents is 1. The summed E-state index contributed by atoms with van der Waals surface area (Å²) in [6.45, 7) is -0.356. The normalized spacial score (nSPS) is 10.7. The lowest BCUT2D eigenvalue weighted by Crippen LogP contribution is -2.11. The number of halogens is 1. The van der Waals surface area contributed by atoms with Gasteiger partial charge in [-0.2, -0.15) is 0 Å². The fourth-order valence-electron chi connectivity index (χ4n) is 1.63. The molecule has 0 bridgehead atoms. The van der Waals surface area contributed by atoms with Crippen LogP contribution in [0.25, 0.3) is 6.08 Å². The van der Waals surface area contributed by atoms with Crippen molar-refractivity contribution in [1.29, 1.82) is 0 Å². The molecule has 0 amide bonds. The first-order chi connectivity index (χ1) is 11.0. The highest BCUT2D eigenvalue weighted by Gasteiger charge is 2.11. The van der Waals surface area contributed by atoms with E-state index in [0.29, 0.717) is 10.4 Å². The molecule has 8 heteroatoms.